The molecule has 0 unspecified atom stereocenters. The summed E-state index contributed by atoms with van der Waals surface area (Å²) in [5.74, 6) is 3.18. The highest BCUT2D eigenvalue weighted by atomic mass is 32.2. The number of fused-ring (bicyclic) bond motifs is 1. The number of nitrogens with one attached hydrogen (secondary N) is 1. The van der Waals surface area contributed by atoms with Crippen LogP contribution in [0.4, 0.5) is 5.82 Å². The Morgan fingerprint density at radius 1 is 0.839 bits per heavy atom. The van der Waals surface area contributed by atoms with Crippen LogP contribution in [0.25, 0.3) is 22.1 Å². The van der Waals surface area contributed by atoms with Crippen molar-refractivity contribution >= 4 is 28.7 Å². The molecule has 2 aromatic heterocycles. The highest BCUT2D eigenvalue weighted by molar-refractivity contribution is 8.00. The maximum atomic E-state index is 5.64. The molecule has 0 saturated heterocycles. The molecule has 8 nitrogen and oxygen atoms in total. The summed E-state index contributed by atoms with van der Waals surface area (Å²) >= 11 is 1.32. The molecular formula is C22H21N3O5S. The van der Waals surface area contributed by atoms with Gasteiger partial charge in [-0.3, -0.25) is 4.98 Å². The number of rotatable bonds is 8. The summed E-state index contributed by atoms with van der Waals surface area (Å²) in [6.07, 6.45) is 3.40. The summed E-state index contributed by atoms with van der Waals surface area (Å²) in [6.45, 7) is 0. The second-order valence-electron chi connectivity index (χ2n) is 6.39. The third-order valence-corrected chi connectivity index (χ3v) is 5.57. The van der Waals surface area contributed by atoms with E-state index in [4.69, 9.17) is 23.5 Å². The van der Waals surface area contributed by atoms with Crippen molar-refractivity contribution in [3.63, 3.8) is 0 Å². The first-order chi connectivity index (χ1) is 15.2. The third-order valence-electron chi connectivity index (χ3n) is 4.67. The Hall–Kier alpha value is -3.59. The van der Waals surface area contributed by atoms with Gasteiger partial charge in [0.1, 0.15) is 33.3 Å². The predicted molar refractivity (Wildman–Crippen MR) is 119 cm³/mol. The van der Waals surface area contributed by atoms with Crippen LogP contribution in [-0.2, 0) is 0 Å². The number of anilines is 1. The second-order valence-corrected chi connectivity index (χ2v) is 7.21. The van der Waals surface area contributed by atoms with Gasteiger partial charge in [0.25, 0.3) is 0 Å². The summed E-state index contributed by atoms with van der Waals surface area (Å²) in [7, 11) is 6.44. The van der Waals surface area contributed by atoms with Gasteiger partial charge in [0.2, 0.25) is 0 Å². The molecule has 9 heteroatoms. The zero-order chi connectivity index (χ0) is 21.8. The monoisotopic (exact) mass is 439 g/mol. The Morgan fingerprint density at radius 2 is 1.58 bits per heavy atom. The molecule has 1 N–H and O–H groups in total. The molecule has 160 valence electrons. The van der Waals surface area contributed by atoms with Gasteiger partial charge in [-0.25, -0.2) is 0 Å². The second kappa shape index (κ2) is 9.05. The average Bonchev–Trinajstić information content (AvgIpc) is 3.24. The van der Waals surface area contributed by atoms with Crippen molar-refractivity contribution in [1.29, 1.82) is 0 Å². The normalized spacial score (nSPS) is 10.7. The number of methoxy groups -OCH3 is 4. The largest absolute Gasteiger partial charge is 0.496 e. The molecule has 0 fully saturated rings. The SMILES string of the molecule is COc1cncc(-c2cc(OC)c3c(NSc4c(OC)cccc4OC)noc3c2)c1. The first kappa shape index (κ1) is 20.7. The fourth-order valence-electron chi connectivity index (χ4n) is 3.14. The smallest absolute Gasteiger partial charge is 0.191 e. The minimum Gasteiger partial charge on any atom is -0.496 e. The summed E-state index contributed by atoms with van der Waals surface area (Å²) < 4.78 is 30.6. The van der Waals surface area contributed by atoms with Gasteiger partial charge in [-0.05, 0) is 47.8 Å². The zero-order valence-electron chi connectivity index (χ0n) is 17.5. The van der Waals surface area contributed by atoms with Gasteiger partial charge in [0, 0.05) is 11.8 Å². The lowest BCUT2D eigenvalue weighted by Crippen LogP contribution is -1.95. The minimum absolute atomic E-state index is 0.528. The maximum absolute atomic E-state index is 5.64. The van der Waals surface area contributed by atoms with Gasteiger partial charge in [-0.2, -0.15) is 0 Å². The molecule has 0 amide bonds. The Bertz CT molecular complexity index is 1190. The lowest BCUT2D eigenvalue weighted by molar-refractivity contribution is 0.376. The van der Waals surface area contributed by atoms with Gasteiger partial charge < -0.3 is 28.2 Å². The van der Waals surface area contributed by atoms with Crippen LogP contribution in [0.5, 0.6) is 23.0 Å². The third kappa shape index (κ3) is 4.04. The Labute approximate surface area is 183 Å². The summed E-state index contributed by atoms with van der Waals surface area (Å²) in [4.78, 5) is 5.01. The first-order valence-corrected chi connectivity index (χ1v) is 10.1. The Morgan fingerprint density at radius 3 is 2.26 bits per heavy atom. The highest BCUT2D eigenvalue weighted by Gasteiger charge is 2.18. The lowest BCUT2D eigenvalue weighted by Gasteiger charge is -2.12. The predicted octanol–water partition coefficient (Wildman–Crippen LogP) is 5.04. The van der Waals surface area contributed by atoms with Crippen molar-refractivity contribution in [2.75, 3.05) is 33.2 Å². The van der Waals surface area contributed by atoms with E-state index in [9.17, 15) is 0 Å². The molecule has 0 bridgehead atoms. The van der Waals surface area contributed by atoms with Crippen LogP contribution in [0, 0.1) is 0 Å². The molecule has 2 heterocycles. The van der Waals surface area contributed by atoms with Crippen LogP contribution in [0.2, 0.25) is 0 Å². The first-order valence-electron chi connectivity index (χ1n) is 9.29. The number of benzene rings is 2. The molecule has 4 rings (SSSR count). The van der Waals surface area contributed by atoms with Crippen molar-refractivity contribution < 1.29 is 23.5 Å². The van der Waals surface area contributed by atoms with E-state index < -0.39 is 0 Å². The molecule has 0 aliphatic heterocycles. The molecule has 2 aromatic carbocycles. The van der Waals surface area contributed by atoms with Crippen LogP contribution in [-0.4, -0.2) is 38.6 Å². The molecule has 0 atom stereocenters. The molecule has 4 aromatic rings. The molecule has 0 aliphatic rings. The number of ether oxygens (including phenoxy) is 4. The zero-order valence-corrected chi connectivity index (χ0v) is 18.3. The standard InChI is InChI=1S/C22H21N3O5S/c1-26-15-8-14(11-23-12-15)13-9-18(29-4)20-19(10-13)30-24-22(20)25-31-21-16(27-2)6-5-7-17(21)28-3/h5-12H,1-4H3,(H,24,25). The van der Waals surface area contributed by atoms with Crippen molar-refractivity contribution in [2.24, 2.45) is 0 Å². The number of hydrogen-bond acceptors (Lipinski definition) is 9. The Balaban J connectivity index is 1.70. The average molecular weight is 439 g/mol. The van der Waals surface area contributed by atoms with E-state index in [2.05, 4.69) is 14.9 Å². The lowest BCUT2D eigenvalue weighted by atomic mass is 10.1. The van der Waals surface area contributed by atoms with E-state index >= 15 is 0 Å². The molecule has 0 spiro atoms. The van der Waals surface area contributed by atoms with Crippen LogP contribution >= 0.6 is 11.9 Å². The molecular weight excluding hydrogens is 418 g/mol. The van der Waals surface area contributed by atoms with E-state index in [1.54, 1.807) is 40.8 Å². The van der Waals surface area contributed by atoms with Gasteiger partial charge >= 0.3 is 0 Å². The van der Waals surface area contributed by atoms with Gasteiger partial charge in [-0.1, -0.05) is 11.2 Å². The molecule has 0 aliphatic carbocycles. The van der Waals surface area contributed by atoms with E-state index in [0.717, 1.165) is 21.4 Å². The van der Waals surface area contributed by atoms with Crippen LogP contribution < -0.4 is 23.7 Å². The van der Waals surface area contributed by atoms with Crippen molar-refractivity contribution in [1.82, 2.24) is 10.1 Å². The topological polar surface area (TPSA) is 87.9 Å². The van der Waals surface area contributed by atoms with Crippen molar-refractivity contribution in [3.8, 4) is 34.1 Å². The quantitative estimate of drug-likeness (QED) is 0.379. The molecule has 31 heavy (non-hydrogen) atoms. The van der Waals surface area contributed by atoms with E-state index in [1.807, 2.05) is 36.4 Å². The van der Waals surface area contributed by atoms with Gasteiger partial charge in [0.15, 0.2) is 11.4 Å². The minimum atomic E-state index is 0.528. The van der Waals surface area contributed by atoms with Gasteiger partial charge in [0.05, 0.1) is 34.6 Å². The highest BCUT2D eigenvalue weighted by Crippen LogP contribution is 2.41. The number of hydrogen-bond donors (Lipinski definition) is 1. The number of aromatic nitrogens is 2. The van der Waals surface area contributed by atoms with Gasteiger partial charge in [-0.15, -0.1) is 0 Å². The summed E-state index contributed by atoms with van der Waals surface area (Å²) in [6, 6.07) is 11.3. The summed E-state index contributed by atoms with van der Waals surface area (Å²) in [5.41, 5.74) is 2.32. The number of nitrogens with zero attached hydrogens (tertiary/aromatic N) is 2. The van der Waals surface area contributed by atoms with Crippen molar-refractivity contribution in [3.05, 3.63) is 48.8 Å². The van der Waals surface area contributed by atoms with Crippen LogP contribution in [0.1, 0.15) is 0 Å². The van der Waals surface area contributed by atoms with E-state index in [0.29, 0.717) is 34.4 Å². The Kier molecular flexibility index (Phi) is 6.03. The molecule has 0 saturated carbocycles. The van der Waals surface area contributed by atoms with E-state index in [-0.39, 0.29) is 0 Å². The maximum Gasteiger partial charge on any atom is 0.191 e. The molecule has 0 radical (unpaired) electrons. The van der Waals surface area contributed by atoms with Crippen molar-refractivity contribution in [2.45, 2.75) is 4.90 Å². The van der Waals surface area contributed by atoms with E-state index in [1.165, 1.54) is 11.9 Å². The van der Waals surface area contributed by atoms with Crippen LogP contribution in [0.15, 0.2) is 58.2 Å². The fourth-order valence-corrected chi connectivity index (χ4v) is 3.98. The van der Waals surface area contributed by atoms with Crippen LogP contribution in [0.3, 0.4) is 0 Å². The fraction of sp³-hybridized carbons (Fsp3) is 0.182. The number of pyridine rings is 1. The summed E-state index contributed by atoms with van der Waals surface area (Å²) in [5, 5.41) is 4.92.